The molecule has 0 bridgehead atoms. The second-order valence-corrected chi connectivity index (χ2v) is 8.09. The Hall–Kier alpha value is -3.13. The van der Waals surface area contributed by atoms with Gasteiger partial charge in [0.05, 0.1) is 22.3 Å². The van der Waals surface area contributed by atoms with E-state index in [0.717, 1.165) is 59.3 Å². The van der Waals surface area contributed by atoms with Crippen molar-refractivity contribution in [3.8, 4) is 11.3 Å². The zero-order valence-electron chi connectivity index (χ0n) is 16.6. The summed E-state index contributed by atoms with van der Waals surface area (Å²) >= 11 is 0. The van der Waals surface area contributed by atoms with Crippen LogP contribution in [-0.2, 0) is 0 Å². The molecule has 0 aliphatic heterocycles. The molecule has 4 N–H and O–H groups in total. The zero-order chi connectivity index (χ0) is 20.0. The van der Waals surface area contributed by atoms with Crippen molar-refractivity contribution in [3.05, 3.63) is 36.7 Å². The third-order valence-corrected chi connectivity index (χ3v) is 5.82. The molecule has 0 amide bonds. The predicted molar refractivity (Wildman–Crippen MR) is 114 cm³/mol. The Morgan fingerprint density at radius 2 is 2.10 bits per heavy atom. The van der Waals surface area contributed by atoms with Gasteiger partial charge in [-0.2, -0.15) is 4.98 Å². The number of anilines is 2. The van der Waals surface area contributed by atoms with Gasteiger partial charge in [0, 0.05) is 31.0 Å². The number of hydrogen-bond acceptors (Lipinski definition) is 6. The Labute approximate surface area is 168 Å². The lowest BCUT2D eigenvalue weighted by Crippen LogP contribution is -2.36. The molecule has 0 spiro atoms. The molecule has 29 heavy (non-hydrogen) atoms. The third-order valence-electron chi connectivity index (χ3n) is 5.82. The Morgan fingerprint density at radius 3 is 2.86 bits per heavy atom. The molecular weight excluding hydrogens is 366 g/mol. The van der Waals surface area contributed by atoms with E-state index < -0.39 is 5.60 Å². The van der Waals surface area contributed by atoms with Gasteiger partial charge in [0.15, 0.2) is 5.82 Å². The summed E-state index contributed by atoms with van der Waals surface area (Å²) in [6, 6.07) is 8.29. The highest BCUT2D eigenvalue weighted by Gasteiger charge is 2.29. The Morgan fingerprint density at radius 1 is 1.28 bits per heavy atom. The van der Waals surface area contributed by atoms with Gasteiger partial charge in [-0.15, -0.1) is 5.10 Å². The van der Waals surface area contributed by atoms with Crippen molar-refractivity contribution in [2.24, 2.45) is 0 Å². The van der Waals surface area contributed by atoms with Crippen LogP contribution in [0.15, 0.2) is 36.7 Å². The van der Waals surface area contributed by atoms with Crippen molar-refractivity contribution in [2.45, 2.75) is 44.2 Å². The summed E-state index contributed by atoms with van der Waals surface area (Å²) in [5.41, 5.74) is 4.30. The fourth-order valence-electron chi connectivity index (χ4n) is 4.15. The molecular formula is C21H25N7O. The standard InChI is InChI=1S/C21H25N7O/c1-21(29)8-5-13(6-9-21)24-20-26-19(22-2)18-14(7-11-28(18)27-20)16-12-17-15(25-16)4-3-10-23-17/h3-4,7,10-13,25,29H,5-6,8-9H2,1-2H3,(H2,22,24,26,27). The van der Waals surface area contributed by atoms with Crippen molar-refractivity contribution < 1.29 is 5.11 Å². The monoisotopic (exact) mass is 391 g/mol. The van der Waals surface area contributed by atoms with Crippen LogP contribution in [0.25, 0.3) is 27.8 Å². The molecule has 4 heterocycles. The van der Waals surface area contributed by atoms with Crippen molar-refractivity contribution in [2.75, 3.05) is 17.7 Å². The molecule has 1 aliphatic rings. The summed E-state index contributed by atoms with van der Waals surface area (Å²) in [6.45, 7) is 1.91. The summed E-state index contributed by atoms with van der Waals surface area (Å²) in [6.07, 6.45) is 7.12. The van der Waals surface area contributed by atoms with Crippen LogP contribution < -0.4 is 10.6 Å². The maximum Gasteiger partial charge on any atom is 0.243 e. The molecule has 0 saturated heterocycles. The quantitative estimate of drug-likeness (QED) is 0.425. The van der Waals surface area contributed by atoms with Crippen LogP contribution >= 0.6 is 0 Å². The van der Waals surface area contributed by atoms with E-state index in [4.69, 9.17) is 4.98 Å². The van der Waals surface area contributed by atoms with Crippen LogP contribution in [-0.4, -0.2) is 48.4 Å². The molecule has 1 saturated carbocycles. The summed E-state index contributed by atoms with van der Waals surface area (Å²) < 4.78 is 1.86. The maximum absolute atomic E-state index is 10.2. The van der Waals surface area contributed by atoms with Crippen LogP contribution in [0, 0.1) is 0 Å². The number of hydrogen-bond donors (Lipinski definition) is 4. The Bertz CT molecular complexity index is 1130. The topological polar surface area (TPSA) is 103 Å². The van der Waals surface area contributed by atoms with Crippen molar-refractivity contribution in [1.82, 2.24) is 24.6 Å². The SMILES string of the molecule is CNc1nc(NC2CCC(C)(O)CC2)nn2ccc(-c3cc4ncccc4[nH]3)c12. The second kappa shape index (κ2) is 6.73. The van der Waals surface area contributed by atoms with Gasteiger partial charge in [-0.05, 0) is 56.9 Å². The van der Waals surface area contributed by atoms with E-state index in [9.17, 15) is 5.11 Å². The molecule has 0 unspecified atom stereocenters. The molecule has 4 aromatic rings. The summed E-state index contributed by atoms with van der Waals surface area (Å²) in [5, 5.41) is 21.5. The smallest absolute Gasteiger partial charge is 0.243 e. The second-order valence-electron chi connectivity index (χ2n) is 8.09. The highest BCUT2D eigenvalue weighted by atomic mass is 16.3. The molecule has 1 fully saturated rings. The number of pyridine rings is 1. The summed E-state index contributed by atoms with van der Waals surface area (Å²) in [5.74, 6) is 1.35. The maximum atomic E-state index is 10.2. The number of nitrogens with zero attached hydrogens (tertiary/aromatic N) is 4. The molecule has 5 rings (SSSR count). The minimum atomic E-state index is -0.553. The lowest BCUT2D eigenvalue weighted by atomic mass is 9.84. The first-order valence-electron chi connectivity index (χ1n) is 10.0. The average Bonchev–Trinajstić information content (AvgIpc) is 3.32. The van der Waals surface area contributed by atoms with E-state index in [0.29, 0.717) is 5.95 Å². The molecule has 8 nitrogen and oxygen atoms in total. The van der Waals surface area contributed by atoms with Crippen molar-refractivity contribution in [1.29, 1.82) is 0 Å². The fourth-order valence-corrected chi connectivity index (χ4v) is 4.15. The highest BCUT2D eigenvalue weighted by Crippen LogP contribution is 2.32. The van der Waals surface area contributed by atoms with E-state index in [2.05, 4.69) is 25.7 Å². The van der Waals surface area contributed by atoms with Gasteiger partial charge in [0.2, 0.25) is 5.95 Å². The predicted octanol–water partition coefficient (Wildman–Crippen LogP) is 3.42. The largest absolute Gasteiger partial charge is 0.390 e. The molecule has 1 aliphatic carbocycles. The molecule has 0 radical (unpaired) electrons. The van der Waals surface area contributed by atoms with Gasteiger partial charge in [0.1, 0.15) is 5.52 Å². The first-order chi connectivity index (χ1) is 14.0. The third kappa shape index (κ3) is 3.29. The molecule has 150 valence electrons. The Kier molecular flexibility index (Phi) is 4.16. The summed E-state index contributed by atoms with van der Waals surface area (Å²) in [4.78, 5) is 12.6. The van der Waals surface area contributed by atoms with E-state index in [1.807, 2.05) is 48.9 Å². The minimum absolute atomic E-state index is 0.271. The molecule has 0 aromatic carbocycles. The summed E-state index contributed by atoms with van der Waals surface area (Å²) in [7, 11) is 1.87. The van der Waals surface area contributed by atoms with Gasteiger partial charge in [-0.25, -0.2) is 4.52 Å². The average molecular weight is 391 g/mol. The van der Waals surface area contributed by atoms with E-state index >= 15 is 0 Å². The first kappa shape index (κ1) is 17.9. The number of fused-ring (bicyclic) bond motifs is 2. The van der Waals surface area contributed by atoms with Crippen LogP contribution in [0.4, 0.5) is 11.8 Å². The lowest BCUT2D eigenvalue weighted by Gasteiger charge is -2.33. The first-order valence-corrected chi connectivity index (χ1v) is 10.0. The number of nitrogens with one attached hydrogen (secondary N) is 3. The van der Waals surface area contributed by atoms with Crippen LogP contribution in [0.5, 0.6) is 0 Å². The van der Waals surface area contributed by atoms with E-state index in [1.54, 1.807) is 6.20 Å². The van der Waals surface area contributed by atoms with Crippen LogP contribution in [0.3, 0.4) is 0 Å². The fraction of sp³-hybridized carbons (Fsp3) is 0.381. The van der Waals surface area contributed by atoms with Gasteiger partial charge in [-0.3, -0.25) is 4.98 Å². The number of H-pyrrole nitrogens is 1. The lowest BCUT2D eigenvalue weighted by molar-refractivity contribution is 0.0195. The normalized spacial score (nSPS) is 22.2. The number of aliphatic hydroxyl groups is 1. The van der Waals surface area contributed by atoms with Gasteiger partial charge >= 0.3 is 0 Å². The van der Waals surface area contributed by atoms with Gasteiger partial charge in [-0.1, -0.05) is 0 Å². The van der Waals surface area contributed by atoms with Crippen LogP contribution in [0.2, 0.25) is 0 Å². The van der Waals surface area contributed by atoms with Crippen molar-refractivity contribution in [3.63, 3.8) is 0 Å². The van der Waals surface area contributed by atoms with Crippen molar-refractivity contribution >= 4 is 28.3 Å². The highest BCUT2D eigenvalue weighted by molar-refractivity contribution is 5.92. The minimum Gasteiger partial charge on any atom is -0.390 e. The molecule has 8 heteroatoms. The van der Waals surface area contributed by atoms with Crippen LogP contribution in [0.1, 0.15) is 32.6 Å². The van der Waals surface area contributed by atoms with Gasteiger partial charge < -0.3 is 20.7 Å². The molecule has 0 atom stereocenters. The van der Waals surface area contributed by atoms with E-state index in [1.165, 1.54) is 0 Å². The zero-order valence-corrected chi connectivity index (χ0v) is 16.6. The number of rotatable bonds is 4. The van der Waals surface area contributed by atoms with E-state index in [-0.39, 0.29) is 6.04 Å². The molecule has 4 aromatic heterocycles. The Balaban J connectivity index is 1.49. The number of aromatic nitrogens is 5. The van der Waals surface area contributed by atoms with Gasteiger partial charge in [0.25, 0.3) is 0 Å². The number of aromatic amines is 1.